The first-order valence-electron chi connectivity index (χ1n) is 7.04. The third kappa shape index (κ3) is 2.92. The number of aryl methyl sites for hydroxylation is 2. The first-order valence-corrected chi connectivity index (χ1v) is 8.53. The third-order valence-electron chi connectivity index (χ3n) is 4.13. The highest BCUT2D eigenvalue weighted by atomic mass is 32.2. The highest BCUT2D eigenvalue weighted by molar-refractivity contribution is 7.89. The maximum absolute atomic E-state index is 12.4. The van der Waals surface area contributed by atoms with E-state index in [0.717, 1.165) is 25.7 Å². The van der Waals surface area contributed by atoms with E-state index in [1.165, 1.54) is 0 Å². The van der Waals surface area contributed by atoms with Gasteiger partial charge >= 0.3 is 0 Å². The molecule has 5 nitrogen and oxygen atoms in total. The largest absolute Gasteiger partial charge is 0.465 e. The molecule has 0 saturated heterocycles. The number of nitrogens with one attached hydrogen (secondary N) is 1. The number of aliphatic hydroxyl groups excluding tert-OH is 1. The van der Waals surface area contributed by atoms with Gasteiger partial charge in [-0.3, -0.25) is 0 Å². The zero-order valence-corrected chi connectivity index (χ0v) is 13.1. The van der Waals surface area contributed by atoms with Crippen molar-refractivity contribution >= 4 is 10.0 Å². The van der Waals surface area contributed by atoms with Crippen LogP contribution < -0.4 is 4.72 Å². The second-order valence-electron chi connectivity index (χ2n) is 5.75. The van der Waals surface area contributed by atoms with E-state index in [0.29, 0.717) is 23.6 Å². The molecule has 0 aromatic carbocycles. The Bertz CT molecular complexity index is 585. The molecule has 1 aliphatic carbocycles. The Labute approximate surface area is 120 Å². The molecule has 6 heteroatoms. The maximum atomic E-state index is 12.4. The molecule has 0 aliphatic heterocycles. The van der Waals surface area contributed by atoms with Crippen LogP contribution in [-0.2, 0) is 16.6 Å². The summed E-state index contributed by atoms with van der Waals surface area (Å²) in [5, 5.41) is 9.35. The predicted octanol–water partition coefficient (Wildman–Crippen LogP) is 2.25. The summed E-state index contributed by atoms with van der Waals surface area (Å²) < 4.78 is 32.9. The van der Waals surface area contributed by atoms with Crippen LogP contribution in [0.2, 0.25) is 0 Å². The minimum absolute atomic E-state index is 0.102. The SMILES string of the molecule is CCCC1(CNS(=O)(=O)c2c(C)oc(C)c2CO)CC1. The molecule has 114 valence electrons. The third-order valence-corrected chi connectivity index (χ3v) is 5.72. The Morgan fingerprint density at radius 1 is 1.30 bits per heavy atom. The lowest BCUT2D eigenvalue weighted by atomic mass is 10.0. The van der Waals surface area contributed by atoms with E-state index in [9.17, 15) is 13.5 Å². The fraction of sp³-hybridized carbons (Fsp3) is 0.714. The van der Waals surface area contributed by atoms with Crippen LogP contribution in [0.4, 0.5) is 0 Å². The number of aliphatic hydroxyl groups is 1. The van der Waals surface area contributed by atoms with E-state index in [2.05, 4.69) is 11.6 Å². The second kappa shape index (κ2) is 5.50. The van der Waals surface area contributed by atoms with Crippen molar-refractivity contribution in [2.75, 3.05) is 6.54 Å². The van der Waals surface area contributed by atoms with Gasteiger partial charge in [0.25, 0.3) is 0 Å². The Balaban J connectivity index is 2.19. The lowest BCUT2D eigenvalue weighted by Crippen LogP contribution is -2.31. The number of sulfonamides is 1. The molecule has 2 rings (SSSR count). The Kier molecular flexibility index (Phi) is 4.27. The summed E-state index contributed by atoms with van der Waals surface area (Å²) in [4.78, 5) is 0.102. The standard InChI is InChI=1S/C14H23NO4S/c1-4-5-14(6-7-14)9-15-20(17,18)13-11(3)19-10(2)12(13)8-16/h15-16H,4-9H2,1-3H3. The average molecular weight is 301 g/mol. The second-order valence-corrected chi connectivity index (χ2v) is 7.46. The Morgan fingerprint density at radius 3 is 2.45 bits per heavy atom. The lowest BCUT2D eigenvalue weighted by Gasteiger charge is -2.15. The van der Waals surface area contributed by atoms with Gasteiger partial charge in [0.05, 0.1) is 6.61 Å². The van der Waals surface area contributed by atoms with Crippen LogP contribution in [0.5, 0.6) is 0 Å². The van der Waals surface area contributed by atoms with Gasteiger partial charge in [-0.15, -0.1) is 0 Å². The van der Waals surface area contributed by atoms with Crippen LogP contribution in [-0.4, -0.2) is 20.1 Å². The Morgan fingerprint density at radius 2 is 1.95 bits per heavy atom. The van der Waals surface area contributed by atoms with E-state index >= 15 is 0 Å². The predicted molar refractivity (Wildman–Crippen MR) is 75.9 cm³/mol. The van der Waals surface area contributed by atoms with Crippen molar-refractivity contribution in [2.24, 2.45) is 5.41 Å². The van der Waals surface area contributed by atoms with E-state index in [4.69, 9.17) is 4.42 Å². The van der Waals surface area contributed by atoms with Gasteiger partial charge in [-0.1, -0.05) is 13.3 Å². The molecule has 1 fully saturated rings. The molecule has 0 unspecified atom stereocenters. The first kappa shape index (κ1) is 15.5. The first-order chi connectivity index (χ1) is 9.35. The van der Waals surface area contributed by atoms with Gasteiger partial charge in [0.2, 0.25) is 10.0 Å². The van der Waals surface area contributed by atoms with Crippen LogP contribution in [0, 0.1) is 19.3 Å². The molecule has 1 heterocycles. The van der Waals surface area contributed by atoms with Crippen molar-refractivity contribution in [1.82, 2.24) is 4.72 Å². The van der Waals surface area contributed by atoms with Crippen LogP contribution >= 0.6 is 0 Å². The molecule has 20 heavy (non-hydrogen) atoms. The number of furan rings is 1. The summed E-state index contributed by atoms with van der Waals surface area (Å²) in [5.74, 6) is 0.791. The quantitative estimate of drug-likeness (QED) is 0.809. The van der Waals surface area contributed by atoms with Crippen LogP contribution in [0.25, 0.3) is 0 Å². The summed E-state index contributed by atoms with van der Waals surface area (Å²) in [6, 6.07) is 0. The fourth-order valence-electron chi connectivity index (χ4n) is 2.79. The lowest BCUT2D eigenvalue weighted by molar-refractivity contribution is 0.276. The summed E-state index contributed by atoms with van der Waals surface area (Å²) in [6.45, 7) is 5.52. The molecule has 1 aliphatic rings. The number of hydrogen-bond donors (Lipinski definition) is 2. The van der Waals surface area contributed by atoms with Gasteiger partial charge in [0, 0.05) is 12.1 Å². The monoisotopic (exact) mass is 301 g/mol. The van der Waals surface area contributed by atoms with E-state index in [1.807, 2.05) is 0 Å². The number of hydrogen-bond acceptors (Lipinski definition) is 4. The van der Waals surface area contributed by atoms with Crippen LogP contribution in [0.15, 0.2) is 9.31 Å². The van der Waals surface area contributed by atoms with Gasteiger partial charge in [-0.25, -0.2) is 13.1 Å². The molecule has 0 bridgehead atoms. The van der Waals surface area contributed by atoms with Crippen LogP contribution in [0.1, 0.15) is 49.7 Å². The minimum atomic E-state index is -3.63. The average Bonchev–Trinajstić information content (AvgIpc) is 3.06. The molecule has 0 spiro atoms. The van der Waals surface area contributed by atoms with Crippen molar-refractivity contribution in [1.29, 1.82) is 0 Å². The number of rotatable bonds is 7. The van der Waals surface area contributed by atoms with Gasteiger partial charge in [-0.2, -0.15) is 0 Å². The molecule has 1 aromatic heterocycles. The van der Waals surface area contributed by atoms with Gasteiger partial charge < -0.3 is 9.52 Å². The van der Waals surface area contributed by atoms with Crippen molar-refractivity contribution in [3.05, 3.63) is 17.1 Å². The fourth-order valence-corrected chi connectivity index (χ4v) is 4.38. The summed E-state index contributed by atoms with van der Waals surface area (Å²) in [5.41, 5.74) is 0.504. The maximum Gasteiger partial charge on any atom is 0.244 e. The van der Waals surface area contributed by atoms with Crippen molar-refractivity contribution < 1.29 is 17.9 Å². The summed E-state index contributed by atoms with van der Waals surface area (Å²) >= 11 is 0. The summed E-state index contributed by atoms with van der Waals surface area (Å²) in [7, 11) is -3.63. The van der Waals surface area contributed by atoms with Crippen molar-refractivity contribution in [3.63, 3.8) is 0 Å². The minimum Gasteiger partial charge on any atom is -0.465 e. The molecule has 0 amide bonds. The normalized spacial score (nSPS) is 17.4. The molecule has 0 radical (unpaired) electrons. The molecule has 1 aromatic rings. The molecule has 1 saturated carbocycles. The molecular weight excluding hydrogens is 278 g/mol. The zero-order chi connectivity index (χ0) is 15.0. The molecule has 2 N–H and O–H groups in total. The highest BCUT2D eigenvalue weighted by Gasteiger charge is 2.42. The van der Waals surface area contributed by atoms with E-state index in [-0.39, 0.29) is 16.9 Å². The van der Waals surface area contributed by atoms with E-state index in [1.54, 1.807) is 13.8 Å². The van der Waals surface area contributed by atoms with Gasteiger partial charge in [0.1, 0.15) is 16.4 Å². The zero-order valence-electron chi connectivity index (χ0n) is 12.3. The van der Waals surface area contributed by atoms with Crippen molar-refractivity contribution in [2.45, 2.75) is 58.0 Å². The van der Waals surface area contributed by atoms with Gasteiger partial charge in [0.15, 0.2) is 0 Å². The van der Waals surface area contributed by atoms with Crippen LogP contribution in [0.3, 0.4) is 0 Å². The molecule has 0 atom stereocenters. The Hall–Kier alpha value is -0.850. The van der Waals surface area contributed by atoms with E-state index < -0.39 is 10.0 Å². The van der Waals surface area contributed by atoms with Gasteiger partial charge in [-0.05, 0) is 38.5 Å². The smallest absolute Gasteiger partial charge is 0.244 e. The van der Waals surface area contributed by atoms with Crippen molar-refractivity contribution in [3.8, 4) is 0 Å². The summed E-state index contributed by atoms with van der Waals surface area (Å²) in [6.07, 6.45) is 4.28. The molecular formula is C14H23NO4S. The topological polar surface area (TPSA) is 79.5 Å². The highest BCUT2D eigenvalue weighted by Crippen LogP contribution is 2.49.